The molecule has 31 heavy (non-hydrogen) atoms. The number of phenolic OH excluding ortho intramolecular Hbond substituents is 1. The van der Waals surface area contributed by atoms with Crippen LogP contribution in [0.1, 0.15) is 29.9 Å². The summed E-state index contributed by atoms with van der Waals surface area (Å²) in [5.41, 5.74) is 0.759. The van der Waals surface area contributed by atoms with E-state index in [1.54, 1.807) is 50.2 Å². The van der Waals surface area contributed by atoms with Crippen LogP contribution < -0.4 is 9.64 Å². The first-order chi connectivity index (χ1) is 14.9. The number of hydrogen-bond acceptors (Lipinski definition) is 7. The molecule has 1 saturated heterocycles. The van der Waals surface area contributed by atoms with Crippen molar-refractivity contribution < 1.29 is 29.1 Å². The fraction of sp³-hybridized carbons (Fsp3) is 0.174. The number of Topliss-reactive ketones (excluding diaryl/α,β-unsaturated/α-hetero) is 1. The number of anilines is 1. The summed E-state index contributed by atoms with van der Waals surface area (Å²) in [4.78, 5) is 27.2. The molecule has 1 fully saturated rings. The van der Waals surface area contributed by atoms with Gasteiger partial charge < -0.3 is 19.5 Å². The second kappa shape index (κ2) is 7.98. The number of hydrogen-bond donors (Lipinski definition) is 2. The predicted octanol–water partition coefficient (Wildman–Crippen LogP) is 3.71. The Kier molecular flexibility index (Phi) is 5.21. The van der Waals surface area contributed by atoms with Crippen molar-refractivity contribution in [3.05, 3.63) is 77.1 Å². The van der Waals surface area contributed by atoms with Crippen LogP contribution in [0.15, 0.2) is 64.7 Å². The highest BCUT2D eigenvalue weighted by molar-refractivity contribution is 6.51. The second-order valence-electron chi connectivity index (χ2n) is 6.99. The average Bonchev–Trinajstić information content (AvgIpc) is 3.31. The third-order valence-electron chi connectivity index (χ3n) is 4.95. The third-order valence-corrected chi connectivity index (χ3v) is 4.95. The van der Waals surface area contributed by atoms with E-state index < -0.39 is 17.7 Å². The van der Waals surface area contributed by atoms with Gasteiger partial charge in [-0.25, -0.2) is 0 Å². The normalized spacial score (nSPS) is 17.9. The topological polar surface area (TPSA) is 113 Å². The van der Waals surface area contributed by atoms with Crippen molar-refractivity contribution in [3.63, 3.8) is 0 Å². The van der Waals surface area contributed by atoms with E-state index in [0.717, 1.165) is 0 Å². The van der Waals surface area contributed by atoms with Crippen molar-refractivity contribution >= 4 is 23.3 Å². The van der Waals surface area contributed by atoms with Gasteiger partial charge in [0, 0.05) is 11.6 Å². The molecule has 2 heterocycles. The zero-order valence-electron chi connectivity index (χ0n) is 16.9. The van der Waals surface area contributed by atoms with E-state index in [0.29, 0.717) is 23.5 Å². The minimum Gasteiger partial charge on any atom is -0.507 e. The molecule has 0 aliphatic carbocycles. The lowest BCUT2D eigenvalue weighted by Gasteiger charge is -2.23. The zero-order chi connectivity index (χ0) is 22.1. The van der Waals surface area contributed by atoms with Gasteiger partial charge in [-0.2, -0.15) is 0 Å². The highest BCUT2D eigenvalue weighted by atomic mass is 16.5. The lowest BCUT2D eigenvalue weighted by molar-refractivity contribution is -0.132. The molecule has 1 aliphatic rings. The number of ketones is 1. The van der Waals surface area contributed by atoms with E-state index in [1.165, 1.54) is 23.1 Å². The van der Waals surface area contributed by atoms with Gasteiger partial charge in [-0.3, -0.25) is 14.5 Å². The molecule has 2 aromatic carbocycles. The number of amides is 1. The Labute approximate surface area is 178 Å². The number of benzene rings is 2. The van der Waals surface area contributed by atoms with E-state index in [4.69, 9.17) is 9.26 Å². The van der Waals surface area contributed by atoms with E-state index in [-0.39, 0.29) is 28.6 Å². The van der Waals surface area contributed by atoms with Gasteiger partial charge in [0.2, 0.25) is 0 Å². The Hall–Kier alpha value is -4.07. The number of aromatic nitrogens is 1. The van der Waals surface area contributed by atoms with E-state index in [1.807, 2.05) is 0 Å². The summed E-state index contributed by atoms with van der Waals surface area (Å²) in [5.74, 6) is -1.29. The molecule has 158 valence electrons. The Morgan fingerprint density at radius 2 is 1.90 bits per heavy atom. The maximum absolute atomic E-state index is 13.0. The molecule has 1 atom stereocenters. The molecule has 1 aromatic heterocycles. The third kappa shape index (κ3) is 3.52. The summed E-state index contributed by atoms with van der Waals surface area (Å²) in [6.45, 7) is 3.75. The largest absolute Gasteiger partial charge is 0.507 e. The molecule has 2 N–H and O–H groups in total. The van der Waals surface area contributed by atoms with E-state index in [2.05, 4.69) is 5.16 Å². The maximum Gasteiger partial charge on any atom is 0.301 e. The molecule has 4 rings (SSSR count). The minimum absolute atomic E-state index is 0.0807. The molecular formula is C23H20N2O6. The Morgan fingerprint density at radius 1 is 1.16 bits per heavy atom. The number of aliphatic hydroxyl groups is 1. The Bertz CT molecular complexity index is 1180. The number of aromatic hydroxyl groups is 1. The van der Waals surface area contributed by atoms with Gasteiger partial charge in [-0.05, 0) is 31.5 Å². The molecule has 8 nitrogen and oxygen atoms in total. The number of nitrogens with zero attached hydrogens (tertiary/aromatic N) is 2. The van der Waals surface area contributed by atoms with Gasteiger partial charge in [-0.15, -0.1) is 0 Å². The second-order valence-corrected chi connectivity index (χ2v) is 6.99. The smallest absolute Gasteiger partial charge is 0.301 e. The quantitative estimate of drug-likeness (QED) is 0.367. The monoisotopic (exact) mass is 420 g/mol. The zero-order valence-corrected chi connectivity index (χ0v) is 16.9. The molecule has 0 spiro atoms. The van der Waals surface area contributed by atoms with Gasteiger partial charge in [-0.1, -0.05) is 41.6 Å². The summed E-state index contributed by atoms with van der Waals surface area (Å²) in [6.07, 6.45) is 0. The highest BCUT2D eigenvalue weighted by Gasteiger charge is 2.48. The van der Waals surface area contributed by atoms with Crippen LogP contribution in [0.4, 0.5) is 5.82 Å². The summed E-state index contributed by atoms with van der Waals surface area (Å²) in [6, 6.07) is 13.5. The molecule has 1 aliphatic heterocycles. The van der Waals surface area contributed by atoms with Crippen molar-refractivity contribution in [1.82, 2.24) is 5.16 Å². The molecule has 0 radical (unpaired) electrons. The number of carbonyl (C=O) groups excluding carboxylic acids is 2. The first kappa shape index (κ1) is 20.2. The highest BCUT2D eigenvalue weighted by Crippen LogP contribution is 2.43. The number of phenols is 1. The van der Waals surface area contributed by atoms with Crippen molar-refractivity contribution in [3.8, 4) is 11.5 Å². The van der Waals surface area contributed by atoms with Gasteiger partial charge in [0.1, 0.15) is 11.5 Å². The van der Waals surface area contributed by atoms with Gasteiger partial charge >= 0.3 is 5.91 Å². The minimum atomic E-state index is -0.996. The molecule has 1 unspecified atom stereocenters. The Morgan fingerprint density at radius 3 is 2.55 bits per heavy atom. The lowest BCUT2D eigenvalue weighted by atomic mass is 9.95. The molecular weight excluding hydrogens is 400 g/mol. The van der Waals surface area contributed by atoms with Crippen LogP contribution in [0.3, 0.4) is 0 Å². The Balaban J connectivity index is 1.95. The van der Waals surface area contributed by atoms with Crippen LogP contribution in [-0.2, 0) is 9.59 Å². The van der Waals surface area contributed by atoms with E-state index in [9.17, 15) is 19.8 Å². The summed E-state index contributed by atoms with van der Waals surface area (Å²) < 4.78 is 10.6. The van der Waals surface area contributed by atoms with Crippen molar-refractivity contribution in [2.75, 3.05) is 11.5 Å². The molecule has 3 aromatic rings. The molecule has 8 heteroatoms. The molecule has 1 amide bonds. The van der Waals surface area contributed by atoms with Crippen LogP contribution in [0.2, 0.25) is 0 Å². The van der Waals surface area contributed by atoms with E-state index >= 15 is 0 Å². The van der Waals surface area contributed by atoms with Gasteiger partial charge in [0.25, 0.3) is 5.78 Å². The van der Waals surface area contributed by atoms with Crippen LogP contribution in [-0.4, -0.2) is 33.7 Å². The summed E-state index contributed by atoms with van der Waals surface area (Å²) >= 11 is 0. The van der Waals surface area contributed by atoms with Gasteiger partial charge in [0.15, 0.2) is 17.3 Å². The number of ether oxygens (including phenoxy) is 1. The fourth-order valence-electron chi connectivity index (χ4n) is 3.57. The van der Waals surface area contributed by atoms with Crippen LogP contribution in [0, 0.1) is 6.92 Å². The molecule has 0 bridgehead atoms. The standard InChI is InChI=1S/C23H20N2O6/c1-3-30-17-12-15(9-10-16(17)26)20-19(21(27)14-7-5-4-6-8-14)22(28)23(29)25(20)18-11-13(2)31-24-18/h4-12,20,26-27H,3H2,1-2H3/b21-19+. The fourth-order valence-corrected chi connectivity index (χ4v) is 3.57. The number of aryl methyl sites for hydroxylation is 1. The SMILES string of the molecule is CCOc1cc(C2/C(=C(\O)c3ccccc3)C(=O)C(=O)N2c2cc(C)on2)ccc1O. The predicted molar refractivity (Wildman–Crippen MR) is 112 cm³/mol. The first-order valence-electron chi connectivity index (χ1n) is 9.67. The van der Waals surface area contributed by atoms with Crippen LogP contribution in [0.5, 0.6) is 11.5 Å². The van der Waals surface area contributed by atoms with Crippen molar-refractivity contribution in [1.29, 1.82) is 0 Å². The number of carbonyl (C=O) groups is 2. The number of rotatable bonds is 5. The first-order valence-corrected chi connectivity index (χ1v) is 9.67. The summed E-state index contributed by atoms with van der Waals surface area (Å²) in [5, 5.41) is 25.0. The molecule has 0 saturated carbocycles. The van der Waals surface area contributed by atoms with Crippen molar-refractivity contribution in [2.45, 2.75) is 19.9 Å². The van der Waals surface area contributed by atoms with Gasteiger partial charge in [0.05, 0.1) is 18.2 Å². The van der Waals surface area contributed by atoms with Crippen molar-refractivity contribution in [2.24, 2.45) is 0 Å². The summed E-state index contributed by atoms with van der Waals surface area (Å²) in [7, 11) is 0. The van der Waals surface area contributed by atoms with Crippen LogP contribution in [0.25, 0.3) is 5.76 Å². The average molecular weight is 420 g/mol. The number of aliphatic hydroxyl groups excluding tert-OH is 1. The lowest BCUT2D eigenvalue weighted by Crippen LogP contribution is -2.29. The maximum atomic E-state index is 13.0. The van der Waals surface area contributed by atoms with Crippen LogP contribution >= 0.6 is 0 Å².